The van der Waals surface area contributed by atoms with Gasteiger partial charge in [0, 0.05) is 18.0 Å². The minimum atomic E-state index is -0.638. The fraction of sp³-hybridized carbons (Fsp3) is 0.400. The van der Waals surface area contributed by atoms with E-state index in [2.05, 4.69) is 21.0 Å². The fourth-order valence-electron chi connectivity index (χ4n) is 2.26. The van der Waals surface area contributed by atoms with Crippen molar-refractivity contribution in [2.45, 2.75) is 39.8 Å². The lowest BCUT2D eigenvalue weighted by Gasteiger charge is -2.14. The first kappa shape index (κ1) is 15.5. The minimum absolute atomic E-state index is 0.484. The van der Waals surface area contributed by atoms with Gasteiger partial charge in [0.1, 0.15) is 0 Å². The second kappa shape index (κ2) is 6.29. The normalized spacial score (nSPS) is 12.7. The molecule has 0 saturated heterocycles. The third-order valence-electron chi connectivity index (χ3n) is 3.35. The molecule has 0 spiro atoms. The van der Waals surface area contributed by atoms with Crippen LogP contribution in [-0.4, -0.2) is 14.9 Å². The van der Waals surface area contributed by atoms with Crippen LogP contribution in [0.3, 0.4) is 0 Å². The number of hydrogen-bond donors (Lipinski definition) is 1. The third-order valence-corrected chi connectivity index (χ3v) is 4.71. The first-order chi connectivity index (χ1) is 9.43. The second-order valence-electron chi connectivity index (χ2n) is 4.91. The Bertz CT molecular complexity index is 625. The predicted octanol–water partition coefficient (Wildman–Crippen LogP) is 4.21. The van der Waals surface area contributed by atoms with Crippen LogP contribution in [0.5, 0.6) is 0 Å². The molecule has 2 aromatic rings. The van der Waals surface area contributed by atoms with E-state index in [1.54, 1.807) is 0 Å². The van der Waals surface area contributed by atoms with Gasteiger partial charge in [0.25, 0.3) is 0 Å². The molecule has 1 unspecified atom stereocenters. The van der Waals surface area contributed by atoms with Crippen LogP contribution in [0.4, 0.5) is 0 Å². The Morgan fingerprint density at radius 3 is 2.70 bits per heavy atom. The van der Waals surface area contributed by atoms with Gasteiger partial charge < -0.3 is 5.11 Å². The smallest absolute Gasteiger partial charge is 0.0860 e. The summed E-state index contributed by atoms with van der Waals surface area (Å²) in [7, 11) is 0. The lowest BCUT2D eigenvalue weighted by Crippen LogP contribution is -2.09. The first-order valence-electron chi connectivity index (χ1n) is 6.60. The first-order valence-corrected chi connectivity index (χ1v) is 7.77. The number of aliphatic hydroxyl groups excluding tert-OH is 1. The summed E-state index contributed by atoms with van der Waals surface area (Å²) in [6.07, 6.45) is -0.154. The molecule has 1 N–H and O–H groups in total. The molecule has 0 amide bonds. The molecule has 1 atom stereocenters. The number of nitrogens with zero attached hydrogens (tertiary/aromatic N) is 2. The fourth-order valence-corrected chi connectivity index (χ4v) is 3.07. The SMILES string of the molecule is CCn1nc(C)c(Br)c1CC(O)c1ccc(C)cc1Cl. The van der Waals surface area contributed by atoms with Gasteiger partial charge in [-0.25, -0.2) is 0 Å². The summed E-state index contributed by atoms with van der Waals surface area (Å²) in [5.41, 5.74) is 3.77. The van der Waals surface area contributed by atoms with E-state index in [0.29, 0.717) is 11.4 Å². The van der Waals surface area contributed by atoms with E-state index in [4.69, 9.17) is 11.6 Å². The van der Waals surface area contributed by atoms with E-state index >= 15 is 0 Å². The van der Waals surface area contributed by atoms with E-state index in [0.717, 1.165) is 33.5 Å². The Kier molecular flexibility index (Phi) is 4.89. The molecule has 1 aromatic heterocycles. The number of aliphatic hydroxyl groups is 1. The second-order valence-corrected chi connectivity index (χ2v) is 6.11. The van der Waals surface area contributed by atoms with Crippen molar-refractivity contribution in [1.29, 1.82) is 0 Å². The topological polar surface area (TPSA) is 38.0 Å². The van der Waals surface area contributed by atoms with Crippen molar-refractivity contribution >= 4 is 27.5 Å². The van der Waals surface area contributed by atoms with Gasteiger partial charge in [-0.2, -0.15) is 5.10 Å². The largest absolute Gasteiger partial charge is 0.388 e. The summed E-state index contributed by atoms with van der Waals surface area (Å²) in [4.78, 5) is 0. The number of benzene rings is 1. The Morgan fingerprint density at radius 1 is 1.40 bits per heavy atom. The summed E-state index contributed by atoms with van der Waals surface area (Å²) in [5.74, 6) is 0. The minimum Gasteiger partial charge on any atom is -0.388 e. The van der Waals surface area contributed by atoms with Crippen LogP contribution in [0.2, 0.25) is 5.02 Å². The average Bonchev–Trinajstić information content (AvgIpc) is 2.66. The molecule has 0 bridgehead atoms. The molecule has 1 aromatic carbocycles. The van der Waals surface area contributed by atoms with E-state index < -0.39 is 6.10 Å². The van der Waals surface area contributed by atoms with Crippen molar-refractivity contribution in [2.75, 3.05) is 0 Å². The van der Waals surface area contributed by atoms with Crippen LogP contribution < -0.4 is 0 Å². The van der Waals surface area contributed by atoms with Crippen molar-refractivity contribution in [3.63, 3.8) is 0 Å². The molecule has 0 aliphatic heterocycles. The molecular weight excluding hydrogens is 340 g/mol. The van der Waals surface area contributed by atoms with Gasteiger partial charge in [-0.15, -0.1) is 0 Å². The van der Waals surface area contributed by atoms with Gasteiger partial charge in [-0.05, 0) is 53.9 Å². The summed E-state index contributed by atoms with van der Waals surface area (Å²) >= 11 is 9.76. The maximum absolute atomic E-state index is 10.5. The van der Waals surface area contributed by atoms with E-state index in [-0.39, 0.29) is 0 Å². The Balaban J connectivity index is 2.30. The van der Waals surface area contributed by atoms with Crippen LogP contribution in [0.25, 0.3) is 0 Å². The standard InChI is InChI=1S/C15H18BrClN2O/c1-4-19-13(15(16)10(3)18-19)8-14(20)11-6-5-9(2)7-12(11)17/h5-7,14,20H,4,8H2,1-3H3. The highest BCUT2D eigenvalue weighted by Gasteiger charge is 2.19. The van der Waals surface area contributed by atoms with Crippen LogP contribution in [0.1, 0.15) is 35.5 Å². The highest BCUT2D eigenvalue weighted by molar-refractivity contribution is 9.10. The molecule has 5 heteroatoms. The van der Waals surface area contributed by atoms with Gasteiger partial charge in [0.05, 0.1) is 22.0 Å². The van der Waals surface area contributed by atoms with Crippen molar-refractivity contribution < 1.29 is 5.11 Å². The van der Waals surface area contributed by atoms with Gasteiger partial charge in [0.2, 0.25) is 0 Å². The number of aromatic nitrogens is 2. The molecular formula is C15H18BrClN2O. The number of halogens is 2. The van der Waals surface area contributed by atoms with Crippen molar-refractivity contribution in [2.24, 2.45) is 0 Å². The monoisotopic (exact) mass is 356 g/mol. The molecule has 0 saturated carbocycles. The number of hydrogen-bond acceptors (Lipinski definition) is 2. The predicted molar refractivity (Wildman–Crippen MR) is 85.2 cm³/mol. The van der Waals surface area contributed by atoms with Crippen LogP contribution in [0.15, 0.2) is 22.7 Å². The molecule has 0 radical (unpaired) electrons. The van der Waals surface area contributed by atoms with Crippen molar-refractivity contribution in [3.05, 3.63) is 50.2 Å². The van der Waals surface area contributed by atoms with E-state index in [1.165, 1.54) is 0 Å². The van der Waals surface area contributed by atoms with Gasteiger partial charge in [-0.1, -0.05) is 23.7 Å². The summed E-state index contributed by atoms with van der Waals surface area (Å²) in [6, 6.07) is 5.72. The van der Waals surface area contributed by atoms with E-state index in [9.17, 15) is 5.11 Å². The van der Waals surface area contributed by atoms with Gasteiger partial charge >= 0.3 is 0 Å². The van der Waals surface area contributed by atoms with Crippen molar-refractivity contribution in [3.8, 4) is 0 Å². The van der Waals surface area contributed by atoms with Crippen LogP contribution in [0, 0.1) is 13.8 Å². The highest BCUT2D eigenvalue weighted by Crippen LogP contribution is 2.30. The maximum atomic E-state index is 10.5. The Labute approximate surface area is 132 Å². The quantitative estimate of drug-likeness (QED) is 0.890. The summed E-state index contributed by atoms with van der Waals surface area (Å²) in [6.45, 7) is 6.74. The molecule has 0 aliphatic carbocycles. The van der Waals surface area contributed by atoms with Gasteiger partial charge in [-0.3, -0.25) is 4.68 Å². The zero-order valence-electron chi connectivity index (χ0n) is 11.8. The molecule has 0 fully saturated rings. The van der Waals surface area contributed by atoms with E-state index in [1.807, 2.05) is 43.7 Å². The Hall–Kier alpha value is -0.840. The zero-order valence-corrected chi connectivity index (χ0v) is 14.2. The third kappa shape index (κ3) is 3.08. The summed E-state index contributed by atoms with van der Waals surface area (Å²) in [5, 5.41) is 15.5. The van der Waals surface area contributed by atoms with Crippen LogP contribution in [-0.2, 0) is 13.0 Å². The molecule has 3 nitrogen and oxygen atoms in total. The highest BCUT2D eigenvalue weighted by atomic mass is 79.9. The van der Waals surface area contributed by atoms with Crippen LogP contribution >= 0.6 is 27.5 Å². The molecule has 20 heavy (non-hydrogen) atoms. The molecule has 1 heterocycles. The molecule has 108 valence electrons. The molecule has 0 aliphatic rings. The lowest BCUT2D eigenvalue weighted by atomic mass is 10.0. The average molecular weight is 358 g/mol. The lowest BCUT2D eigenvalue weighted by molar-refractivity contribution is 0.175. The zero-order chi connectivity index (χ0) is 14.9. The molecule has 2 rings (SSSR count). The number of rotatable bonds is 4. The summed E-state index contributed by atoms with van der Waals surface area (Å²) < 4.78 is 2.87. The Morgan fingerprint density at radius 2 is 2.10 bits per heavy atom. The van der Waals surface area contributed by atoms with Crippen molar-refractivity contribution in [1.82, 2.24) is 9.78 Å². The number of aryl methyl sites for hydroxylation is 3. The maximum Gasteiger partial charge on any atom is 0.0860 e. The van der Waals surface area contributed by atoms with Gasteiger partial charge in [0.15, 0.2) is 0 Å².